The third-order valence-electron chi connectivity index (χ3n) is 3.92. The fraction of sp³-hybridized carbons (Fsp3) is 0.500. The molecule has 0 atom stereocenters. The van der Waals surface area contributed by atoms with Crippen LogP contribution in [0.4, 0.5) is 9.59 Å². The normalized spacial score (nSPS) is 20.9. The molecule has 6 nitrogen and oxygen atoms in total. The average molecular weight is 306 g/mol. The molecule has 0 spiro atoms. The van der Waals surface area contributed by atoms with E-state index in [1.165, 1.54) is 0 Å². The molecule has 0 unspecified atom stereocenters. The van der Waals surface area contributed by atoms with Gasteiger partial charge in [0, 0.05) is 12.6 Å². The van der Waals surface area contributed by atoms with Crippen molar-refractivity contribution in [3.05, 3.63) is 35.9 Å². The fourth-order valence-electron chi connectivity index (χ4n) is 2.67. The summed E-state index contributed by atoms with van der Waals surface area (Å²) in [7, 11) is 0. The van der Waals surface area contributed by atoms with Gasteiger partial charge in [0.05, 0.1) is 0 Å². The zero-order valence-corrected chi connectivity index (χ0v) is 12.5. The zero-order chi connectivity index (χ0) is 15.8. The molecule has 1 saturated carbocycles. The van der Waals surface area contributed by atoms with Gasteiger partial charge in [0.25, 0.3) is 0 Å². The van der Waals surface area contributed by atoms with Crippen LogP contribution in [0, 0.1) is 5.92 Å². The monoisotopic (exact) mass is 306 g/mol. The lowest BCUT2D eigenvalue weighted by Crippen LogP contribution is -2.39. The number of nitrogens with one attached hydrogen (secondary N) is 2. The number of rotatable bonds is 5. The summed E-state index contributed by atoms with van der Waals surface area (Å²) >= 11 is 0. The molecule has 0 saturated heterocycles. The molecule has 1 aromatic carbocycles. The van der Waals surface area contributed by atoms with Crippen LogP contribution in [-0.4, -0.2) is 29.9 Å². The summed E-state index contributed by atoms with van der Waals surface area (Å²) in [5.41, 5.74) is 0.959. The van der Waals surface area contributed by atoms with E-state index in [4.69, 9.17) is 9.84 Å². The molecular formula is C16H22N2O4. The minimum atomic E-state index is -0.982. The van der Waals surface area contributed by atoms with Crippen molar-refractivity contribution in [2.45, 2.75) is 38.3 Å². The molecule has 0 radical (unpaired) electrons. The van der Waals surface area contributed by atoms with E-state index < -0.39 is 12.2 Å². The van der Waals surface area contributed by atoms with Crippen LogP contribution in [0.15, 0.2) is 30.3 Å². The molecule has 2 rings (SSSR count). The van der Waals surface area contributed by atoms with Crippen molar-refractivity contribution < 1.29 is 19.4 Å². The Morgan fingerprint density at radius 1 is 1.14 bits per heavy atom. The molecule has 1 aromatic rings. The van der Waals surface area contributed by atoms with Crippen molar-refractivity contribution in [2.75, 3.05) is 6.54 Å². The van der Waals surface area contributed by atoms with Gasteiger partial charge in [-0.1, -0.05) is 30.3 Å². The van der Waals surface area contributed by atoms with Gasteiger partial charge in [0.2, 0.25) is 0 Å². The van der Waals surface area contributed by atoms with E-state index in [-0.39, 0.29) is 12.6 Å². The predicted molar refractivity (Wildman–Crippen MR) is 81.5 cm³/mol. The summed E-state index contributed by atoms with van der Waals surface area (Å²) in [6.45, 7) is 0.755. The summed E-state index contributed by atoms with van der Waals surface area (Å²) in [6, 6.07) is 9.67. The van der Waals surface area contributed by atoms with Crippen molar-refractivity contribution in [3.8, 4) is 0 Å². The molecule has 1 aliphatic rings. The highest BCUT2D eigenvalue weighted by Gasteiger charge is 2.23. The number of alkyl carbamates (subject to hydrolysis) is 1. The summed E-state index contributed by atoms with van der Waals surface area (Å²) < 4.78 is 5.20. The lowest BCUT2D eigenvalue weighted by atomic mass is 9.86. The second kappa shape index (κ2) is 8.26. The zero-order valence-electron chi connectivity index (χ0n) is 12.5. The van der Waals surface area contributed by atoms with Gasteiger partial charge in [0.15, 0.2) is 0 Å². The van der Waals surface area contributed by atoms with E-state index in [2.05, 4.69) is 10.6 Å². The van der Waals surface area contributed by atoms with Crippen molar-refractivity contribution in [3.63, 3.8) is 0 Å². The lowest BCUT2D eigenvalue weighted by molar-refractivity contribution is 0.131. The first-order valence-electron chi connectivity index (χ1n) is 7.57. The first-order valence-corrected chi connectivity index (χ1v) is 7.57. The first-order chi connectivity index (χ1) is 10.6. The third kappa shape index (κ3) is 5.63. The quantitative estimate of drug-likeness (QED) is 0.780. The van der Waals surface area contributed by atoms with Gasteiger partial charge in [0.1, 0.15) is 6.61 Å². The number of hydrogen-bond acceptors (Lipinski definition) is 3. The summed E-state index contributed by atoms with van der Waals surface area (Å²) in [5.74, 6) is 0.356. The molecule has 0 aromatic heterocycles. The smallest absolute Gasteiger partial charge is 0.407 e. The number of hydrogen-bond donors (Lipinski definition) is 3. The summed E-state index contributed by atoms with van der Waals surface area (Å²) in [4.78, 5) is 22.2. The molecule has 22 heavy (non-hydrogen) atoms. The topological polar surface area (TPSA) is 87.7 Å². The van der Waals surface area contributed by atoms with Gasteiger partial charge >= 0.3 is 12.2 Å². The van der Waals surface area contributed by atoms with Gasteiger partial charge in [-0.25, -0.2) is 9.59 Å². The van der Waals surface area contributed by atoms with Crippen LogP contribution in [0.2, 0.25) is 0 Å². The van der Waals surface area contributed by atoms with Crippen molar-refractivity contribution in [1.29, 1.82) is 0 Å². The SMILES string of the molecule is O=C(O)NCC1CCC(NC(=O)OCc2ccccc2)CC1. The maximum atomic E-state index is 11.8. The van der Waals surface area contributed by atoms with Crippen molar-refractivity contribution >= 4 is 12.2 Å². The molecule has 3 N–H and O–H groups in total. The highest BCUT2D eigenvalue weighted by molar-refractivity contribution is 5.67. The van der Waals surface area contributed by atoms with E-state index in [9.17, 15) is 9.59 Å². The van der Waals surface area contributed by atoms with Gasteiger partial charge < -0.3 is 20.5 Å². The van der Waals surface area contributed by atoms with Gasteiger partial charge in [-0.05, 0) is 37.2 Å². The Hall–Kier alpha value is -2.24. The average Bonchev–Trinajstić information content (AvgIpc) is 2.53. The van der Waals surface area contributed by atoms with Crippen LogP contribution in [-0.2, 0) is 11.3 Å². The Morgan fingerprint density at radius 2 is 1.82 bits per heavy atom. The Kier molecular flexibility index (Phi) is 6.06. The van der Waals surface area contributed by atoms with Crippen LogP contribution in [0.25, 0.3) is 0 Å². The minimum absolute atomic E-state index is 0.115. The second-order valence-corrected chi connectivity index (χ2v) is 5.61. The number of ether oxygens (including phenoxy) is 1. The Bertz CT molecular complexity index is 484. The van der Waals surface area contributed by atoms with Crippen LogP contribution >= 0.6 is 0 Å². The Labute approximate surface area is 129 Å². The molecule has 1 aliphatic carbocycles. The highest BCUT2D eigenvalue weighted by atomic mass is 16.5. The second-order valence-electron chi connectivity index (χ2n) is 5.61. The molecule has 120 valence electrons. The van der Waals surface area contributed by atoms with Gasteiger partial charge in [-0.15, -0.1) is 0 Å². The van der Waals surface area contributed by atoms with Crippen LogP contribution in [0.5, 0.6) is 0 Å². The largest absolute Gasteiger partial charge is 0.465 e. The van der Waals surface area contributed by atoms with E-state index in [1.54, 1.807) is 0 Å². The van der Waals surface area contributed by atoms with E-state index in [0.29, 0.717) is 12.5 Å². The number of carbonyl (C=O) groups is 2. The van der Waals surface area contributed by atoms with E-state index in [0.717, 1.165) is 31.2 Å². The number of benzene rings is 1. The van der Waals surface area contributed by atoms with Gasteiger partial charge in [-0.2, -0.15) is 0 Å². The molecular weight excluding hydrogens is 284 g/mol. The highest BCUT2D eigenvalue weighted by Crippen LogP contribution is 2.23. The standard InChI is InChI=1S/C16H22N2O4/c19-15(20)17-10-12-6-8-14(9-7-12)18-16(21)22-11-13-4-2-1-3-5-13/h1-5,12,14,17H,6-11H2,(H,18,21)(H,19,20). The maximum absolute atomic E-state index is 11.8. The lowest BCUT2D eigenvalue weighted by Gasteiger charge is -2.28. The summed E-state index contributed by atoms with van der Waals surface area (Å²) in [6.07, 6.45) is 2.15. The summed E-state index contributed by atoms with van der Waals surface area (Å²) in [5, 5.41) is 13.9. The minimum Gasteiger partial charge on any atom is -0.465 e. The van der Waals surface area contributed by atoms with Crippen LogP contribution in [0.1, 0.15) is 31.2 Å². The third-order valence-corrected chi connectivity index (χ3v) is 3.92. The first kappa shape index (κ1) is 16.1. The Balaban J connectivity index is 1.63. The molecule has 0 aliphatic heterocycles. The van der Waals surface area contributed by atoms with Crippen molar-refractivity contribution in [2.24, 2.45) is 5.92 Å². The molecule has 2 amide bonds. The van der Waals surface area contributed by atoms with Gasteiger partial charge in [-0.3, -0.25) is 0 Å². The fourth-order valence-corrected chi connectivity index (χ4v) is 2.67. The number of carboxylic acid groups (broad SMARTS) is 1. The number of amides is 2. The Morgan fingerprint density at radius 3 is 2.45 bits per heavy atom. The maximum Gasteiger partial charge on any atom is 0.407 e. The molecule has 6 heteroatoms. The van der Waals surface area contributed by atoms with E-state index >= 15 is 0 Å². The molecule has 0 heterocycles. The molecule has 1 fully saturated rings. The van der Waals surface area contributed by atoms with Crippen molar-refractivity contribution in [1.82, 2.24) is 10.6 Å². The van der Waals surface area contributed by atoms with E-state index in [1.807, 2.05) is 30.3 Å². The molecule has 0 bridgehead atoms. The number of carbonyl (C=O) groups excluding carboxylic acids is 1. The predicted octanol–water partition coefficient (Wildman–Crippen LogP) is 2.74. The van der Waals surface area contributed by atoms with Crippen LogP contribution in [0.3, 0.4) is 0 Å². The van der Waals surface area contributed by atoms with Crippen LogP contribution < -0.4 is 10.6 Å².